The van der Waals surface area contributed by atoms with Gasteiger partial charge < -0.3 is 0 Å². The van der Waals surface area contributed by atoms with Crippen molar-refractivity contribution >= 4 is 17.5 Å². The number of Topliss-reactive ketones (excluding diaryl/α,β-unsaturated/α-hetero) is 1. The van der Waals surface area contributed by atoms with Crippen molar-refractivity contribution in [2.45, 2.75) is 52.2 Å². The quantitative estimate of drug-likeness (QED) is 0.715. The monoisotopic (exact) mass is 228 g/mol. The van der Waals surface area contributed by atoms with E-state index in [4.69, 9.17) is 0 Å². The van der Waals surface area contributed by atoms with Crippen LogP contribution in [0.15, 0.2) is 0 Å². The van der Waals surface area contributed by atoms with Gasteiger partial charge in [-0.25, -0.2) is 0 Å². The summed E-state index contributed by atoms with van der Waals surface area (Å²) in [7, 11) is 0. The van der Waals surface area contributed by atoms with Crippen molar-refractivity contribution in [2.75, 3.05) is 6.26 Å². The van der Waals surface area contributed by atoms with Crippen LogP contribution in [-0.2, 0) is 4.79 Å². The van der Waals surface area contributed by atoms with Gasteiger partial charge in [0.25, 0.3) is 0 Å². The Balaban J connectivity index is 2.97. The van der Waals surface area contributed by atoms with E-state index in [1.165, 1.54) is 0 Å². The van der Waals surface area contributed by atoms with Crippen molar-refractivity contribution in [2.24, 2.45) is 17.3 Å². The second-order valence-electron chi connectivity index (χ2n) is 6.26. The van der Waals surface area contributed by atoms with E-state index in [0.29, 0.717) is 11.7 Å². The molecule has 1 nitrogen and oxygen atoms in total. The molecule has 2 atom stereocenters. The first-order valence-corrected chi connectivity index (χ1v) is 7.00. The van der Waals surface area contributed by atoms with Gasteiger partial charge >= 0.3 is 0 Å². The van der Waals surface area contributed by atoms with E-state index in [-0.39, 0.29) is 16.1 Å². The largest absolute Gasteiger partial charge is 0.299 e. The molecule has 1 saturated carbocycles. The lowest BCUT2D eigenvalue weighted by Gasteiger charge is -2.39. The number of ketones is 1. The Kier molecular flexibility index (Phi) is 3.59. The van der Waals surface area contributed by atoms with Crippen molar-refractivity contribution in [3.05, 3.63) is 0 Å². The van der Waals surface area contributed by atoms with E-state index in [2.05, 4.69) is 40.9 Å². The predicted octanol–water partition coefficient (Wildman–Crippen LogP) is 3.77. The minimum atomic E-state index is 0.0888. The Morgan fingerprint density at radius 1 is 1.20 bits per heavy atom. The average Bonchev–Trinajstić information content (AvgIpc) is 2.47. The summed E-state index contributed by atoms with van der Waals surface area (Å²) in [6, 6.07) is 0. The molecule has 0 aromatic rings. The predicted molar refractivity (Wildman–Crippen MR) is 68.3 cm³/mol. The molecule has 0 N–H and O–H groups in total. The maximum atomic E-state index is 12.0. The summed E-state index contributed by atoms with van der Waals surface area (Å²) in [5, 5.41) is 0. The number of thioether (sulfide) groups is 1. The van der Waals surface area contributed by atoms with Crippen molar-refractivity contribution < 1.29 is 4.79 Å². The van der Waals surface area contributed by atoms with Crippen LogP contribution in [0.2, 0.25) is 0 Å². The normalized spacial score (nSPS) is 28.5. The number of hydrogen-bond acceptors (Lipinski definition) is 2. The van der Waals surface area contributed by atoms with Gasteiger partial charge in [-0.3, -0.25) is 4.79 Å². The van der Waals surface area contributed by atoms with E-state index < -0.39 is 0 Å². The third kappa shape index (κ3) is 2.58. The lowest BCUT2D eigenvalue weighted by molar-refractivity contribution is -0.122. The maximum Gasteiger partial charge on any atom is 0.137 e. The fourth-order valence-corrected chi connectivity index (χ4v) is 3.33. The molecule has 0 spiro atoms. The third-order valence-corrected chi connectivity index (χ3v) is 5.14. The molecule has 1 aliphatic carbocycles. The summed E-state index contributed by atoms with van der Waals surface area (Å²) in [6.07, 6.45) is 3.99. The topological polar surface area (TPSA) is 17.1 Å². The van der Waals surface area contributed by atoms with E-state index in [1.54, 1.807) is 0 Å². The first-order valence-electron chi connectivity index (χ1n) is 5.78. The number of carbonyl (C=O) groups is 1. The second kappa shape index (κ2) is 4.12. The van der Waals surface area contributed by atoms with Crippen LogP contribution in [0, 0.1) is 17.3 Å². The van der Waals surface area contributed by atoms with Crippen LogP contribution in [0.4, 0.5) is 0 Å². The summed E-state index contributed by atoms with van der Waals surface area (Å²) in [5.41, 5.74) is 0.254. The van der Waals surface area contributed by atoms with E-state index in [0.717, 1.165) is 12.8 Å². The molecule has 1 rings (SSSR count). The second-order valence-corrected chi connectivity index (χ2v) is 7.72. The fourth-order valence-electron chi connectivity index (χ4n) is 2.78. The molecule has 0 aromatic carbocycles. The fraction of sp³-hybridized carbons (Fsp3) is 0.923. The van der Waals surface area contributed by atoms with Crippen LogP contribution in [0.25, 0.3) is 0 Å². The Morgan fingerprint density at radius 2 is 1.73 bits per heavy atom. The van der Waals surface area contributed by atoms with Crippen LogP contribution < -0.4 is 0 Å². The van der Waals surface area contributed by atoms with E-state index in [1.807, 2.05) is 11.8 Å². The van der Waals surface area contributed by atoms with Crippen LogP contribution in [0.5, 0.6) is 0 Å². The van der Waals surface area contributed by atoms with Crippen LogP contribution >= 0.6 is 11.8 Å². The Morgan fingerprint density at radius 3 is 2.13 bits per heavy atom. The summed E-state index contributed by atoms with van der Waals surface area (Å²) >= 11 is 1.83. The standard InChI is InChI=1S/C13H24OS/c1-12(2,3)9-7-8-10(14)11(9)13(4,5)15-6/h9,11H,7-8H2,1-6H3. The Hall–Kier alpha value is 0.0200. The highest BCUT2D eigenvalue weighted by atomic mass is 32.2. The number of rotatable bonds is 2. The molecular weight excluding hydrogens is 204 g/mol. The molecule has 0 aromatic heterocycles. The van der Waals surface area contributed by atoms with Gasteiger partial charge in [0, 0.05) is 17.1 Å². The molecule has 88 valence electrons. The van der Waals surface area contributed by atoms with Gasteiger partial charge in [-0.15, -0.1) is 0 Å². The van der Waals surface area contributed by atoms with Crippen molar-refractivity contribution in [1.29, 1.82) is 0 Å². The van der Waals surface area contributed by atoms with Gasteiger partial charge in [0.15, 0.2) is 0 Å². The number of hydrogen-bond donors (Lipinski definition) is 0. The first kappa shape index (κ1) is 13.1. The average molecular weight is 228 g/mol. The molecule has 15 heavy (non-hydrogen) atoms. The molecule has 1 fully saturated rings. The zero-order valence-electron chi connectivity index (χ0n) is 10.9. The highest BCUT2D eigenvalue weighted by Crippen LogP contribution is 2.49. The zero-order valence-corrected chi connectivity index (χ0v) is 11.7. The molecule has 0 heterocycles. The Bertz CT molecular complexity index is 250. The summed E-state index contributed by atoms with van der Waals surface area (Å²) in [5.74, 6) is 1.27. The highest BCUT2D eigenvalue weighted by molar-refractivity contribution is 8.00. The molecular formula is C13H24OS. The minimum absolute atomic E-state index is 0.0888. The van der Waals surface area contributed by atoms with Crippen LogP contribution in [0.1, 0.15) is 47.5 Å². The lowest BCUT2D eigenvalue weighted by atomic mass is 9.71. The van der Waals surface area contributed by atoms with Gasteiger partial charge in [-0.05, 0) is 37.9 Å². The van der Waals surface area contributed by atoms with Gasteiger partial charge in [0.1, 0.15) is 5.78 Å². The van der Waals surface area contributed by atoms with Crippen molar-refractivity contribution in [1.82, 2.24) is 0 Å². The molecule has 0 radical (unpaired) electrons. The van der Waals surface area contributed by atoms with Crippen molar-refractivity contribution in [3.8, 4) is 0 Å². The van der Waals surface area contributed by atoms with Crippen LogP contribution in [-0.4, -0.2) is 16.8 Å². The molecule has 2 unspecified atom stereocenters. The first-order chi connectivity index (χ1) is 6.70. The van der Waals surface area contributed by atoms with Crippen molar-refractivity contribution in [3.63, 3.8) is 0 Å². The molecule has 1 aliphatic rings. The van der Waals surface area contributed by atoms with Crippen LogP contribution in [0.3, 0.4) is 0 Å². The smallest absolute Gasteiger partial charge is 0.137 e. The minimum Gasteiger partial charge on any atom is -0.299 e. The molecule has 0 aliphatic heterocycles. The van der Waals surface area contributed by atoms with E-state index in [9.17, 15) is 4.79 Å². The zero-order chi connectivity index (χ0) is 11.9. The SMILES string of the molecule is CSC(C)(C)C1C(=O)CCC1C(C)(C)C. The summed E-state index contributed by atoms with van der Waals surface area (Å²) in [6.45, 7) is 11.2. The van der Waals surface area contributed by atoms with Gasteiger partial charge in [0.05, 0.1) is 0 Å². The van der Waals surface area contributed by atoms with Gasteiger partial charge in [0.2, 0.25) is 0 Å². The molecule has 0 bridgehead atoms. The molecule has 2 heteroatoms. The molecule has 0 amide bonds. The lowest BCUT2D eigenvalue weighted by Crippen LogP contribution is -2.39. The highest BCUT2D eigenvalue weighted by Gasteiger charge is 2.48. The van der Waals surface area contributed by atoms with Gasteiger partial charge in [-0.1, -0.05) is 20.8 Å². The summed E-state index contributed by atoms with van der Waals surface area (Å²) < 4.78 is 0.0888. The number of carbonyl (C=O) groups excluding carboxylic acids is 1. The van der Waals surface area contributed by atoms with E-state index >= 15 is 0 Å². The van der Waals surface area contributed by atoms with Gasteiger partial charge in [-0.2, -0.15) is 11.8 Å². The maximum absolute atomic E-state index is 12.0. The summed E-state index contributed by atoms with van der Waals surface area (Å²) in [4.78, 5) is 12.0. The Labute approximate surface area is 98.4 Å². The molecule has 0 saturated heterocycles. The third-order valence-electron chi connectivity index (χ3n) is 3.84.